The van der Waals surface area contributed by atoms with Gasteiger partial charge in [-0.2, -0.15) is 0 Å². The molecule has 4 rings (SSSR count). The number of hydrogen-bond donors (Lipinski definition) is 2. The van der Waals surface area contributed by atoms with E-state index < -0.39 is 23.8 Å². The lowest BCUT2D eigenvalue weighted by Gasteiger charge is -2.29. The highest BCUT2D eigenvalue weighted by Gasteiger charge is 2.47. The first kappa shape index (κ1) is 27.6. The first-order valence-electron chi connectivity index (χ1n) is 12.9. The second-order valence-corrected chi connectivity index (χ2v) is 9.43. The molecule has 1 aromatic carbocycles. The van der Waals surface area contributed by atoms with E-state index in [4.69, 9.17) is 24.8 Å². The molecule has 11 nitrogen and oxygen atoms in total. The molecule has 0 spiro atoms. The number of likely N-dealkylation sites (tertiary alicyclic amines) is 1. The Hall–Kier alpha value is -3.41. The summed E-state index contributed by atoms with van der Waals surface area (Å²) in [6.45, 7) is 2.78. The number of nitrogens with two attached hydrogens (primary N) is 1. The molecule has 1 unspecified atom stereocenters. The Bertz CT molecular complexity index is 1100. The van der Waals surface area contributed by atoms with Gasteiger partial charge in [-0.15, -0.1) is 0 Å². The van der Waals surface area contributed by atoms with E-state index in [9.17, 15) is 14.7 Å². The third kappa shape index (κ3) is 6.17. The molecule has 0 bridgehead atoms. The highest BCUT2D eigenvalue weighted by molar-refractivity contribution is 5.78. The van der Waals surface area contributed by atoms with Crippen LogP contribution in [-0.2, 0) is 20.8 Å². The molecule has 0 aliphatic carbocycles. The summed E-state index contributed by atoms with van der Waals surface area (Å²) in [6, 6.07) is 8.88. The average Bonchev–Trinajstić information content (AvgIpc) is 3.54. The maximum Gasteiger partial charge on any atom is 0.308 e. The van der Waals surface area contributed by atoms with Crippen molar-refractivity contribution in [2.75, 3.05) is 40.3 Å². The Kier molecular flexibility index (Phi) is 9.38. The van der Waals surface area contributed by atoms with Crippen molar-refractivity contribution in [2.45, 2.75) is 44.6 Å². The zero-order valence-electron chi connectivity index (χ0n) is 21.9. The van der Waals surface area contributed by atoms with Gasteiger partial charge in [0.1, 0.15) is 6.73 Å². The molecule has 38 heavy (non-hydrogen) atoms. The zero-order valence-corrected chi connectivity index (χ0v) is 21.9. The number of aromatic nitrogens is 1. The van der Waals surface area contributed by atoms with Gasteiger partial charge in [0, 0.05) is 36.9 Å². The Morgan fingerprint density at radius 2 is 2.13 bits per heavy atom. The summed E-state index contributed by atoms with van der Waals surface area (Å²) in [5, 5.41) is 11.7. The number of unbranched alkanes of at least 4 members (excludes halogenated alkanes) is 1. The fourth-order valence-corrected chi connectivity index (χ4v) is 5.30. The number of nitrogens with zero attached hydrogens (tertiary/aromatic N) is 3. The molecule has 0 saturated carbocycles. The number of carboxylic acids is 1. The van der Waals surface area contributed by atoms with Crippen LogP contribution in [0.15, 0.2) is 36.5 Å². The predicted octanol–water partition coefficient (Wildman–Crippen LogP) is 2.40. The van der Waals surface area contributed by atoms with Gasteiger partial charge < -0.3 is 25.1 Å². The van der Waals surface area contributed by atoms with Gasteiger partial charge in [-0.25, -0.2) is 5.06 Å². The van der Waals surface area contributed by atoms with Gasteiger partial charge in [-0.1, -0.05) is 19.4 Å². The Balaban J connectivity index is 1.64. The number of hydroxylamine groups is 2. The molecule has 1 fully saturated rings. The molecule has 3 N–H and O–H groups in total. The van der Waals surface area contributed by atoms with Gasteiger partial charge in [0.2, 0.25) is 12.5 Å². The Labute approximate surface area is 222 Å². The first-order valence-corrected chi connectivity index (χ1v) is 12.9. The number of aliphatic carboxylic acids is 1. The number of fused-ring (bicyclic) bond motifs is 1. The minimum Gasteiger partial charge on any atom is -0.493 e. The summed E-state index contributed by atoms with van der Waals surface area (Å²) in [7, 11) is 1.54. The molecule has 0 radical (unpaired) electrons. The van der Waals surface area contributed by atoms with E-state index in [1.807, 2.05) is 36.1 Å². The number of carbonyl (C=O) groups is 2. The van der Waals surface area contributed by atoms with Crippen molar-refractivity contribution in [3.05, 3.63) is 47.8 Å². The maximum absolute atomic E-state index is 13.3. The molecular weight excluding hydrogens is 492 g/mol. The number of carbonyl (C=O) groups excluding carboxylic acids is 1. The molecule has 206 valence electrons. The third-order valence-electron chi connectivity index (χ3n) is 7.13. The van der Waals surface area contributed by atoms with Gasteiger partial charge in [-0.3, -0.25) is 24.3 Å². The van der Waals surface area contributed by atoms with Crippen molar-refractivity contribution in [3.8, 4) is 17.2 Å². The van der Waals surface area contributed by atoms with Gasteiger partial charge in [-0.05, 0) is 49.1 Å². The average molecular weight is 529 g/mol. The fraction of sp³-hybridized carbons (Fsp3) is 0.519. The van der Waals surface area contributed by atoms with Crippen LogP contribution in [0.25, 0.3) is 0 Å². The van der Waals surface area contributed by atoms with Crippen LogP contribution in [0.4, 0.5) is 0 Å². The molecule has 2 aromatic rings. The van der Waals surface area contributed by atoms with Crippen molar-refractivity contribution in [1.82, 2.24) is 14.9 Å². The van der Waals surface area contributed by atoms with E-state index >= 15 is 0 Å². The predicted molar refractivity (Wildman–Crippen MR) is 138 cm³/mol. The quantitative estimate of drug-likeness (QED) is 0.294. The summed E-state index contributed by atoms with van der Waals surface area (Å²) in [5.74, 6) is -0.835. The highest BCUT2D eigenvalue weighted by atomic mass is 16.7. The van der Waals surface area contributed by atoms with E-state index in [2.05, 4.69) is 4.98 Å². The van der Waals surface area contributed by atoms with Crippen molar-refractivity contribution in [2.24, 2.45) is 11.7 Å². The summed E-state index contributed by atoms with van der Waals surface area (Å²) in [5.41, 5.74) is 7.20. The standard InChI is InChI=1S/C27H36N4O7/c1-3-4-11-31(38-16-28)24(32)15-30-14-20(18-12-22(35-2)26-23(13-18)36-17-37-26)25(27(33)34)21(30)9-8-19-7-5-6-10-29-19/h5-7,10,12-13,20-21,25H,3-4,8-9,11,14-17,28H2,1-2H3,(H,33,34)/t20-,21+,25?/m1/s1. The van der Waals surface area contributed by atoms with Gasteiger partial charge in [0.15, 0.2) is 11.5 Å². The Morgan fingerprint density at radius 3 is 2.82 bits per heavy atom. The summed E-state index contributed by atoms with van der Waals surface area (Å²) in [6.07, 6.45) is 4.48. The number of pyridine rings is 1. The molecule has 11 heteroatoms. The molecule has 3 heterocycles. The fourth-order valence-electron chi connectivity index (χ4n) is 5.30. The second kappa shape index (κ2) is 12.9. The monoisotopic (exact) mass is 528 g/mol. The van der Waals surface area contributed by atoms with Crippen LogP contribution in [-0.4, -0.2) is 78.2 Å². The number of ether oxygens (including phenoxy) is 3. The van der Waals surface area contributed by atoms with Crippen molar-refractivity contribution >= 4 is 11.9 Å². The minimum atomic E-state index is -0.923. The summed E-state index contributed by atoms with van der Waals surface area (Å²) < 4.78 is 16.6. The molecule has 1 aromatic heterocycles. The number of aryl methyl sites for hydroxylation is 1. The van der Waals surface area contributed by atoms with E-state index in [-0.39, 0.29) is 26.0 Å². The van der Waals surface area contributed by atoms with E-state index in [1.165, 1.54) is 12.2 Å². The number of rotatable bonds is 13. The lowest BCUT2D eigenvalue weighted by atomic mass is 9.83. The molecule has 1 saturated heterocycles. The molecule has 1 amide bonds. The number of carboxylic acid groups (broad SMARTS) is 1. The number of hydrogen-bond acceptors (Lipinski definition) is 9. The van der Waals surface area contributed by atoms with E-state index in [1.54, 1.807) is 12.3 Å². The lowest BCUT2D eigenvalue weighted by Crippen LogP contribution is -2.45. The zero-order chi connectivity index (χ0) is 27.1. The molecule has 3 atom stereocenters. The van der Waals surface area contributed by atoms with Crippen LogP contribution in [0.1, 0.15) is 43.4 Å². The van der Waals surface area contributed by atoms with E-state index in [0.717, 1.165) is 24.1 Å². The number of methoxy groups -OCH3 is 1. The highest BCUT2D eigenvalue weighted by Crippen LogP contribution is 2.47. The van der Waals surface area contributed by atoms with Gasteiger partial charge in [0.25, 0.3) is 5.91 Å². The third-order valence-corrected chi connectivity index (χ3v) is 7.13. The van der Waals surface area contributed by atoms with Crippen molar-refractivity contribution in [3.63, 3.8) is 0 Å². The van der Waals surface area contributed by atoms with Crippen LogP contribution in [0.3, 0.4) is 0 Å². The van der Waals surface area contributed by atoms with Crippen LogP contribution in [0, 0.1) is 5.92 Å². The van der Waals surface area contributed by atoms with Crippen molar-refractivity contribution in [1.29, 1.82) is 0 Å². The topological polar surface area (TPSA) is 137 Å². The van der Waals surface area contributed by atoms with Crippen LogP contribution in [0.5, 0.6) is 17.2 Å². The van der Waals surface area contributed by atoms with E-state index in [0.29, 0.717) is 43.2 Å². The van der Waals surface area contributed by atoms with Crippen LogP contribution < -0.4 is 19.9 Å². The summed E-state index contributed by atoms with van der Waals surface area (Å²) in [4.78, 5) is 37.8. The maximum atomic E-state index is 13.3. The van der Waals surface area contributed by atoms with Crippen LogP contribution in [0.2, 0.25) is 0 Å². The largest absolute Gasteiger partial charge is 0.493 e. The number of amides is 1. The van der Waals surface area contributed by atoms with Crippen molar-refractivity contribution < 1.29 is 33.7 Å². The number of benzene rings is 1. The first-order chi connectivity index (χ1) is 18.5. The molecular formula is C27H36N4O7. The normalized spacial score (nSPS) is 20.4. The lowest BCUT2D eigenvalue weighted by molar-refractivity contribution is -0.187. The SMILES string of the molecule is CCCCN(OCN)C(=O)CN1C[C@H](c2cc(OC)c3c(c2)OCO3)C(C(=O)O)[C@@H]1CCc1ccccn1. The van der Waals surface area contributed by atoms with Gasteiger partial charge in [0.05, 0.1) is 19.6 Å². The summed E-state index contributed by atoms with van der Waals surface area (Å²) >= 11 is 0. The minimum absolute atomic E-state index is 0.0125. The second-order valence-electron chi connectivity index (χ2n) is 9.43. The van der Waals surface area contributed by atoms with Gasteiger partial charge >= 0.3 is 5.97 Å². The molecule has 2 aliphatic heterocycles. The van der Waals surface area contributed by atoms with Crippen LogP contribution >= 0.6 is 0 Å². The smallest absolute Gasteiger partial charge is 0.308 e. The molecule has 2 aliphatic rings. The Morgan fingerprint density at radius 1 is 1.29 bits per heavy atom.